The largest absolute Gasteiger partial charge is 0.493 e. The summed E-state index contributed by atoms with van der Waals surface area (Å²) in [6.07, 6.45) is 10.4. The summed E-state index contributed by atoms with van der Waals surface area (Å²) in [6.45, 7) is 2.69. The van der Waals surface area contributed by atoms with Crippen molar-refractivity contribution >= 4 is 11.9 Å². The number of aliphatic carboxylic acids is 1. The number of carboxylic acids is 1. The molecule has 1 amide bonds. The van der Waals surface area contributed by atoms with Crippen molar-refractivity contribution in [3.63, 3.8) is 0 Å². The first kappa shape index (κ1) is 21.2. The van der Waals surface area contributed by atoms with Gasteiger partial charge in [0.25, 0.3) is 5.91 Å². The van der Waals surface area contributed by atoms with Crippen molar-refractivity contribution in [1.82, 2.24) is 4.90 Å². The van der Waals surface area contributed by atoms with E-state index in [1.807, 2.05) is 6.92 Å². The first-order chi connectivity index (χ1) is 16.3. The molecule has 34 heavy (non-hydrogen) atoms. The Labute approximate surface area is 200 Å². The van der Waals surface area contributed by atoms with E-state index in [4.69, 9.17) is 4.74 Å². The minimum atomic E-state index is -0.994. The van der Waals surface area contributed by atoms with E-state index in [1.54, 1.807) is 6.07 Å². The molecule has 8 rings (SSSR count). The standard InChI is InChI=1S/C28H34FNO4/c1-14-19-8-23(27(32)33)30(25(14)19)26(31)21-7-20(18-2-3-18)24(9-22(21)29)34-13-28-10-15-4-16(11-28)6-17(5-15)12-28/h7,9,14-19,23,25H,2-6,8,10-13H2,1H3,(H,32,33)/t14-,15?,16?,17?,19+,23+,25-,28?/m1/s1. The highest BCUT2D eigenvalue weighted by molar-refractivity contribution is 5.98. The van der Waals surface area contributed by atoms with Gasteiger partial charge in [0.15, 0.2) is 0 Å². The Morgan fingerprint density at radius 3 is 2.32 bits per heavy atom. The molecule has 0 radical (unpaired) electrons. The smallest absolute Gasteiger partial charge is 0.326 e. The van der Waals surface area contributed by atoms with Gasteiger partial charge in [-0.3, -0.25) is 4.79 Å². The van der Waals surface area contributed by atoms with Crippen molar-refractivity contribution in [2.24, 2.45) is 35.0 Å². The van der Waals surface area contributed by atoms with Crippen molar-refractivity contribution in [2.75, 3.05) is 6.61 Å². The number of nitrogens with zero attached hydrogens (tertiary/aromatic N) is 1. The summed E-state index contributed by atoms with van der Waals surface area (Å²) in [7, 11) is 0. The van der Waals surface area contributed by atoms with Crippen molar-refractivity contribution in [3.8, 4) is 5.75 Å². The van der Waals surface area contributed by atoms with Crippen LogP contribution in [0.5, 0.6) is 5.75 Å². The Morgan fingerprint density at radius 1 is 1.09 bits per heavy atom. The maximum absolute atomic E-state index is 15.4. The third-order valence-electron chi connectivity index (χ3n) is 10.2. The monoisotopic (exact) mass is 467 g/mol. The molecule has 1 heterocycles. The van der Waals surface area contributed by atoms with Gasteiger partial charge in [-0.25, -0.2) is 9.18 Å². The van der Waals surface area contributed by atoms with Crippen molar-refractivity contribution in [3.05, 3.63) is 29.1 Å². The van der Waals surface area contributed by atoms with Gasteiger partial charge in [0, 0.05) is 17.5 Å². The Kier molecular flexibility index (Phi) is 4.49. The topological polar surface area (TPSA) is 66.8 Å². The normalized spacial score (nSPS) is 41.5. The number of carbonyl (C=O) groups is 2. The summed E-state index contributed by atoms with van der Waals surface area (Å²) < 4.78 is 21.8. The van der Waals surface area contributed by atoms with Gasteiger partial charge < -0.3 is 14.7 Å². The van der Waals surface area contributed by atoms with Crippen LogP contribution in [0, 0.1) is 40.8 Å². The van der Waals surface area contributed by atoms with Gasteiger partial charge in [0.05, 0.1) is 12.2 Å². The molecule has 0 unspecified atom stereocenters. The lowest BCUT2D eigenvalue weighted by molar-refractivity contribution is -0.142. The first-order valence-electron chi connectivity index (χ1n) is 13.3. The van der Waals surface area contributed by atoms with E-state index in [0.717, 1.165) is 36.2 Å². The van der Waals surface area contributed by atoms with Crippen LogP contribution in [0.2, 0.25) is 0 Å². The predicted octanol–water partition coefficient (Wildman–Crippen LogP) is 5.23. The molecule has 1 aliphatic heterocycles. The first-order valence-corrected chi connectivity index (χ1v) is 13.3. The summed E-state index contributed by atoms with van der Waals surface area (Å²) >= 11 is 0. The second-order valence-corrected chi connectivity index (χ2v) is 12.7. The third-order valence-corrected chi connectivity index (χ3v) is 10.2. The van der Waals surface area contributed by atoms with Crippen LogP contribution in [0.3, 0.4) is 0 Å². The number of piperidine rings is 1. The molecule has 7 aliphatic rings. The number of likely N-dealkylation sites (tertiary alicyclic amines) is 1. The lowest BCUT2D eigenvalue weighted by Crippen LogP contribution is -2.48. The maximum Gasteiger partial charge on any atom is 0.326 e. The summed E-state index contributed by atoms with van der Waals surface area (Å²) in [5, 5.41) is 9.65. The van der Waals surface area contributed by atoms with Crippen LogP contribution in [-0.4, -0.2) is 40.6 Å². The number of rotatable bonds is 6. The number of halogens is 1. The molecule has 0 aromatic heterocycles. The van der Waals surface area contributed by atoms with Gasteiger partial charge in [-0.1, -0.05) is 6.92 Å². The quantitative estimate of drug-likeness (QED) is 0.622. The van der Waals surface area contributed by atoms with Gasteiger partial charge in [0.2, 0.25) is 0 Å². The van der Waals surface area contributed by atoms with Crippen LogP contribution in [0.25, 0.3) is 0 Å². The second-order valence-electron chi connectivity index (χ2n) is 12.7. The number of fused-ring (bicyclic) bond motifs is 1. The molecule has 1 aromatic carbocycles. The highest BCUT2D eigenvalue weighted by Gasteiger charge is 2.62. The molecule has 4 atom stereocenters. The molecule has 5 nitrogen and oxygen atoms in total. The molecule has 6 aliphatic carbocycles. The molecule has 7 fully saturated rings. The number of hydrogen-bond acceptors (Lipinski definition) is 3. The average molecular weight is 468 g/mol. The molecule has 6 heteroatoms. The minimum Gasteiger partial charge on any atom is -0.493 e. The summed E-state index contributed by atoms with van der Waals surface area (Å²) in [4.78, 5) is 26.7. The van der Waals surface area contributed by atoms with E-state index in [0.29, 0.717) is 24.7 Å². The fraction of sp³-hybridized carbons (Fsp3) is 0.714. The predicted molar refractivity (Wildman–Crippen MR) is 123 cm³/mol. The Morgan fingerprint density at radius 2 is 1.74 bits per heavy atom. The van der Waals surface area contributed by atoms with Crippen LogP contribution in [-0.2, 0) is 4.79 Å². The SMILES string of the molecule is C[C@@H]1[C@@H]2C[C@@H](C(=O)O)N(C(=O)c3cc(C4CC4)c(OCC45CC6CC(CC(C6)C4)C5)cc3F)[C@H]12. The van der Waals surface area contributed by atoms with E-state index in [1.165, 1.54) is 49.5 Å². The third kappa shape index (κ3) is 3.23. The molecular weight excluding hydrogens is 433 g/mol. The van der Waals surface area contributed by atoms with Gasteiger partial charge >= 0.3 is 5.97 Å². The van der Waals surface area contributed by atoms with E-state index < -0.39 is 23.7 Å². The Hall–Kier alpha value is -2.11. The molecule has 0 spiro atoms. The van der Waals surface area contributed by atoms with E-state index in [2.05, 4.69) is 0 Å². The number of carbonyl (C=O) groups excluding carboxylic acids is 1. The van der Waals surface area contributed by atoms with Crippen molar-refractivity contribution in [1.29, 1.82) is 0 Å². The highest BCUT2D eigenvalue weighted by atomic mass is 19.1. The molecule has 1 N–H and O–H groups in total. The van der Waals surface area contributed by atoms with E-state index in [-0.39, 0.29) is 28.9 Å². The number of ether oxygens (including phenoxy) is 1. The molecule has 4 bridgehead atoms. The average Bonchev–Trinajstić information content (AvgIpc) is 3.68. The minimum absolute atomic E-state index is 0.00931. The molecular formula is C28H34FNO4. The number of amides is 1. The van der Waals surface area contributed by atoms with Gasteiger partial charge in [0.1, 0.15) is 17.6 Å². The number of carboxylic acid groups (broad SMARTS) is 1. The fourth-order valence-electron chi connectivity index (χ4n) is 8.82. The number of hydrogen-bond donors (Lipinski definition) is 1. The zero-order valence-electron chi connectivity index (χ0n) is 19.8. The summed E-state index contributed by atoms with van der Waals surface area (Å²) in [6, 6.07) is 2.17. The highest BCUT2D eigenvalue weighted by Crippen LogP contribution is 2.60. The zero-order valence-corrected chi connectivity index (χ0v) is 19.8. The van der Waals surface area contributed by atoms with Gasteiger partial charge in [-0.2, -0.15) is 0 Å². The Bertz CT molecular complexity index is 1030. The van der Waals surface area contributed by atoms with Crippen LogP contribution in [0.4, 0.5) is 4.39 Å². The summed E-state index contributed by atoms with van der Waals surface area (Å²) in [5.41, 5.74) is 1.18. The summed E-state index contributed by atoms with van der Waals surface area (Å²) in [5.74, 6) is 1.87. The van der Waals surface area contributed by atoms with Crippen LogP contribution < -0.4 is 4.74 Å². The zero-order chi connectivity index (χ0) is 23.4. The van der Waals surface area contributed by atoms with Crippen molar-refractivity contribution < 1.29 is 23.8 Å². The molecule has 6 saturated carbocycles. The second kappa shape index (κ2) is 7.20. The lowest BCUT2D eigenvalue weighted by Gasteiger charge is -2.56. The van der Waals surface area contributed by atoms with Crippen molar-refractivity contribution in [2.45, 2.75) is 82.7 Å². The molecule has 182 valence electrons. The Balaban J connectivity index is 1.15. The van der Waals surface area contributed by atoms with Crippen LogP contribution in [0.15, 0.2) is 12.1 Å². The molecule has 1 aromatic rings. The number of benzene rings is 1. The lowest BCUT2D eigenvalue weighted by atomic mass is 9.50. The van der Waals surface area contributed by atoms with Gasteiger partial charge in [-0.05, 0) is 105 Å². The van der Waals surface area contributed by atoms with Crippen LogP contribution >= 0.6 is 0 Å². The van der Waals surface area contributed by atoms with E-state index >= 15 is 4.39 Å². The fourth-order valence-corrected chi connectivity index (χ4v) is 8.82. The van der Waals surface area contributed by atoms with E-state index in [9.17, 15) is 14.7 Å². The van der Waals surface area contributed by atoms with Crippen LogP contribution in [0.1, 0.15) is 86.6 Å². The molecule has 1 saturated heterocycles. The van der Waals surface area contributed by atoms with Gasteiger partial charge in [-0.15, -0.1) is 0 Å². The maximum atomic E-state index is 15.4.